The number of hydrogen-bond acceptors (Lipinski definition) is 5. The Bertz CT molecular complexity index is 754. The Kier molecular flexibility index (Phi) is 2.97. The molecule has 4 rings (SSSR count). The van der Waals surface area contributed by atoms with Gasteiger partial charge in [0.2, 0.25) is 11.8 Å². The van der Waals surface area contributed by atoms with Gasteiger partial charge in [0.15, 0.2) is 0 Å². The van der Waals surface area contributed by atoms with Crippen LogP contribution in [-0.4, -0.2) is 47.7 Å². The minimum atomic E-state index is -0.913. The fraction of sp³-hybridized carbons (Fsp3) is 0.375. The average molecular weight is 313 g/mol. The number of nitrogens with zero attached hydrogens (tertiary/aromatic N) is 2. The van der Waals surface area contributed by atoms with E-state index in [9.17, 15) is 19.2 Å². The molecule has 0 spiro atoms. The highest BCUT2D eigenvalue weighted by Crippen LogP contribution is 2.35. The largest absolute Gasteiger partial charge is 0.371 e. The lowest BCUT2D eigenvalue weighted by molar-refractivity contribution is -0.136. The predicted octanol–water partition coefficient (Wildman–Crippen LogP) is 0.298. The molecule has 2 saturated heterocycles. The van der Waals surface area contributed by atoms with Crippen molar-refractivity contribution in [2.45, 2.75) is 25.3 Å². The molecule has 0 aromatic heterocycles. The number of rotatable bonds is 2. The van der Waals surface area contributed by atoms with Crippen molar-refractivity contribution in [1.82, 2.24) is 10.2 Å². The Balaban J connectivity index is 1.72. The minimum Gasteiger partial charge on any atom is -0.371 e. The number of fused-ring (bicyclic) bond motifs is 1. The number of benzene rings is 1. The number of carbonyl (C=O) groups excluding carboxylic acids is 4. The summed E-state index contributed by atoms with van der Waals surface area (Å²) in [6.07, 6.45) is 1.36. The summed E-state index contributed by atoms with van der Waals surface area (Å²) in [4.78, 5) is 51.8. The maximum absolute atomic E-state index is 12.8. The fourth-order valence-electron chi connectivity index (χ4n) is 3.32. The molecule has 4 amide bonds. The first kappa shape index (κ1) is 13.9. The summed E-state index contributed by atoms with van der Waals surface area (Å²) in [5.74, 6) is -1.85. The molecule has 0 bridgehead atoms. The zero-order chi connectivity index (χ0) is 16.1. The van der Waals surface area contributed by atoms with Crippen LogP contribution in [0.2, 0.25) is 0 Å². The van der Waals surface area contributed by atoms with Gasteiger partial charge in [-0.25, -0.2) is 0 Å². The lowest BCUT2D eigenvalue weighted by Gasteiger charge is -2.34. The van der Waals surface area contributed by atoms with E-state index >= 15 is 0 Å². The fourth-order valence-corrected chi connectivity index (χ4v) is 3.32. The Hall–Kier alpha value is -2.70. The van der Waals surface area contributed by atoms with E-state index in [1.54, 1.807) is 12.1 Å². The normalized spacial score (nSPS) is 23.7. The number of amides is 4. The van der Waals surface area contributed by atoms with Crippen LogP contribution in [0.15, 0.2) is 18.2 Å². The van der Waals surface area contributed by atoms with Crippen molar-refractivity contribution >= 4 is 29.3 Å². The quantitative estimate of drug-likeness (QED) is 0.794. The number of hydrogen-bond donors (Lipinski definition) is 1. The Morgan fingerprint density at radius 3 is 2.48 bits per heavy atom. The minimum absolute atomic E-state index is 0.128. The summed E-state index contributed by atoms with van der Waals surface area (Å²) in [5, 5.41) is 2.20. The molecule has 0 aliphatic carbocycles. The monoisotopic (exact) mass is 313 g/mol. The van der Waals surface area contributed by atoms with Crippen LogP contribution in [0, 0.1) is 0 Å². The van der Waals surface area contributed by atoms with Gasteiger partial charge in [0.05, 0.1) is 16.8 Å². The zero-order valence-corrected chi connectivity index (χ0v) is 12.4. The van der Waals surface area contributed by atoms with E-state index in [-0.39, 0.29) is 18.7 Å². The summed E-state index contributed by atoms with van der Waals surface area (Å²) in [6.45, 7) is 1.71. The maximum Gasteiger partial charge on any atom is 0.264 e. The van der Waals surface area contributed by atoms with E-state index in [0.717, 1.165) is 30.1 Å². The van der Waals surface area contributed by atoms with Crippen molar-refractivity contribution < 1.29 is 19.2 Å². The molecule has 0 radical (unpaired) electrons. The third-order valence-electron chi connectivity index (χ3n) is 4.64. The summed E-state index contributed by atoms with van der Waals surface area (Å²) in [7, 11) is 0. The van der Waals surface area contributed by atoms with Gasteiger partial charge < -0.3 is 4.90 Å². The van der Waals surface area contributed by atoms with Gasteiger partial charge in [0.1, 0.15) is 6.04 Å². The maximum atomic E-state index is 12.8. The molecule has 3 aliphatic rings. The molecular weight excluding hydrogens is 298 g/mol. The highest BCUT2D eigenvalue weighted by molar-refractivity contribution is 6.25. The van der Waals surface area contributed by atoms with Crippen LogP contribution >= 0.6 is 0 Å². The first-order valence-corrected chi connectivity index (χ1v) is 7.67. The molecule has 3 aliphatic heterocycles. The van der Waals surface area contributed by atoms with Gasteiger partial charge >= 0.3 is 0 Å². The van der Waals surface area contributed by atoms with Crippen molar-refractivity contribution in [3.63, 3.8) is 0 Å². The molecule has 1 atom stereocenters. The van der Waals surface area contributed by atoms with Gasteiger partial charge in [0.25, 0.3) is 11.8 Å². The van der Waals surface area contributed by atoms with E-state index in [1.807, 2.05) is 6.07 Å². The molecule has 118 valence electrons. The summed E-state index contributed by atoms with van der Waals surface area (Å²) < 4.78 is 0. The second-order valence-electron chi connectivity index (χ2n) is 5.99. The second kappa shape index (κ2) is 4.91. The first-order chi connectivity index (χ1) is 11.1. The van der Waals surface area contributed by atoms with Crippen molar-refractivity contribution in [3.05, 3.63) is 29.3 Å². The molecule has 1 aromatic carbocycles. The van der Waals surface area contributed by atoms with Gasteiger partial charge in [-0.15, -0.1) is 0 Å². The molecule has 1 N–H and O–H groups in total. The van der Waals surface area contributed by atoms with Crippen LogP contribution in [0.25, 0.3) is 0 Å². The van der Waals surface area contributed by atoms with Crippen LogP contribution in [0.5, 0.6) is 0 Å². The summed E-state index contributed by atoms with van der Waals surface area (Å²) in [5.41, 5.74) is 1.47. The van der Waals surface area contributed by atoms with E-state index in [4.69, 9.17) is 0 Å². The van der Waals surface area contributed by atoms with E-state index in [0.29, 0.717) is 11.1 Å². The molecular formula is C16H15N3O4. The van der Waals surface area contributed by atoms with Crippen LogP contribution in [0.1, 0.15) is 40.0 Å². The summed E-state index contributed by atoms with van der Waals surface area (Å²) >= 11 is 0. The number of imide groups is 2. The zero-order valence-electron chi connectivity index (χ0n) is 12.4. The number of carbonyl (C=O) groups is 4. The van der Waals surface area contributed by atoms with Crippen LogP contribution < -0.4 is 10.2 Å². The Morgan fingerprint density at radius 1 is 1.04 bits per heavy atom. The Morgan fingerprint density at radius 2 is 1.83 bits per heavy atom. The third kappa shape index (κ3) is 1.96. The molecule has 3 heterocycles. The van der Waals surface area contributed by atoms with E-state index in [2.05, 4.69) is 10.2 Å². The number of piperidine rings is 1. The smallest absolute Gasteiger partial charge is 0.264 e. The summed E-state index contributed by atoms with van der Waals surface area (Å²) in [6, 6.07) is 4.29. The van der Waals surface area contributed by atoms with Crippen molar-refractivity contribution in [2.24, 2.45) is 0 Å². The molecule has 1 aromatic rings. The second-order valence-corrected chi connectivity index (χ2v) is 5.99. The highest BCUT2D eigenvalue weighted by atomic mass is 16.2. The van der Waals surface area contributed by atoms with Gasteiger partial charge in [-0.1, -0.05) is 6.07 Å². The predicted molar refractivity (Wildman–Crippen MR) is 79.9 cm³/mol. The third-order valence-corrected chi connectivity index (χ3v) is 4.64. The molecule has 2 fully saturated rings. The van der Waals surface area contributed by atoms with Crippen molar-refractivity contribution in [1.29, 1.82) is 0 Å². The standard InChI is InChI=1S/C16H15N3O4/c20-12-6-5-11(14(21)17-12)19-15(22)9-3-1-4-10(13(9)16(19)23)18-7-2-8-18/h1,3-4,11H,2,5-8H2,(H,17,20,21). The van der Waals surface area contributed by atoms with E-state index < -0.39 is 23.8 Å². The van der Waals surface area contributed by atoms with E-state index in [1.165, 1.54) is 0 Å². The van der Waals surface area contributed by atoms with Gasteiger partial charge in [-0.05, 0) is 25.0 Å². The number of anilines is 1. The highest BCUT2D eigenvalue weighted by Gasteiger charge is 2.46. The molecule has 0 saturated carbocycles. The molecule has 1 unspecified atom stereocenters. The SMILES string of the molecule is O=C1CCC(N2C(=O)c3cccc(N4CCC4)c3C2=O)C(=O)N1. The van der Waals surface area contributed by atoms with Crippen LogP contribution in [0.3, 0.4) is 0 Å². The Labute approximate surface area is 132 Å². The van der Waals surface area contributed by atoms with Gasteiger partial charge in [-0.3, -0.25) is 29.4 Å². The topological polar surface area (TPSA) is 86.8 Å². The molecule has 7 heteroatoms. The lowest BCUT2D eigenvalue weighted by Crippen LogP contribution is -2.54. The van der Waals surface area contributed by atoms with Crippen LogP contribution in [-0.2, 0) is 9.59 Å². The van der Waals surface area contributed by atoms with Crippen LogP contribution in [0.4, 0.5) is 5.69 Å². The number of nitrogens with one attached hydrogen (secondary N) is 1. The molecule has 23 heavy (non-hydrogen) atoms. The van der Waals surface area contributed by atoms with Gasteiger partial charge in [-0.2, -0.15) is 0 Å². The average Bonchev–Trinajstić information content (AvgIpc) is 2.71. The van der Waals surface area contributed by atoms with Crippen molar-refractivity contribution in [2.75, 3.05) is 18.0 Å². The van der Waals surface area contributed by atoms with Gasteiger partial charge in [0, 0.05) is 19.5 Å². The molecule has 7 nitrogen and oxygen atoms in total. The van der Waals surface area contributed by atoms with Crippen molar-refractivity contribution in [3.8, 4) is 0 Å². The first-order valence-electron chi connectivity index (χ1n) is 7.67. The lowest BCUT2D eigenvalue weighted by atomic mass is 10.0.